The van der Waals surface area contributed by atoms with E-state index in [1.165, 1.54) is 24.3 Å². The third-order valence-corrected chi connectivity index (χ3v) is 3.48. The number of nitrogens with one attached hydrogen (secondary N) is 1. The van der Waals surface area contributed by atoms with Gasteiger partial charge in [-0.3, -0.25) is 0 Å². The molecule has 0 unspecified atom stereocenters. The van der Waals surface area contributed by atoms with E-state index in [9.17, 15) is 8.78 Å². The zero-order valence-electron chi connectivity index (χ0n) is 11.5. The second-order valence-corrected chi connectivity index (χ2v) is 4.93. The highest BCUT2D eigenvalue weighted by atomic mass is 19.1. The average Bonchev–Trinajstić information content (AvgIpc) is 2.76. The lowest BCUT2D eigenvalue weighted by molar-refractivity contribution is 0.588. The lowest BCUT2D eigenvalue weighted by Crippen LogP contribution is -2.29. The van der Waals surface area contributed by atoms with Crippen LogP contribution in [0.1, 0.15) is 6.42 Å². The Kier molecular flexibility index (Phi) is 4.06. The van der Waals surface area contributed by atoms with Gasteiger partial charge in [-0.15, -0.1) is 0 Å². The van der Waals surface area contributed by atoms with Crippen molar-refractivity contribution in [2.45, 2.75) is 6.42 Å². The van der Waals surface area contributed by atoms with E-state index in [1.807, 2.05) is 4.90 Å². The lowest BCUT2D eigenvalue weighted by Gasteiger charge is -2.20. The zero-order chi connectivity index (χ0) is 14.7. The summed E-state index contributed by atoms with van der Waals surface area (Å²) in [4.78, 5) is 10.6. The van der Waals surface area contributed by atoms with Crippen molar-refractivity contribution in [3.05, 3.63) is 42.1 Å². The molecule has 110 valence electrons. The molecule has 1 aromatic heterocycles. The van der Waals surface area contributed by atoms with Crippen LogP contribution >= 0.6 is 0 Å². The van der Waals surface area contributed by atoms with E-state index in [-0.39, 0.29) is 11.3 Å². The highest BCUT2D eigenvalue weighted by molar-refractivity contribution is 5.61. The van der Waals surface area contributed by atoms with Crippen molar-refractivity contribution in [1.82, 2.24) is 15.3 Å². The second kappa shape index (κ2) is 6.13. The minimum absolute atomic E-state index is 0.103. The van der Waals surface area contributed by atoms with Crippen molar-refractivity contribution >= 4 is 5.95 Å². The molecule has 6 heteroatoms. The number of halogens is 2. The fourth-order valence-corrected chi connectivity index (χ4v) is 2.43. The molecule has 0 radical (unpaired) electrons. The zero-order valence-corrected chi connectivity index (χ0v) is 11.5. The standard InChI is InChI=1S/C15H16F2N4/c16-11-3-1-4-12(17)14(11)13-5-7-19-15(20-13)21-9-2-6-18-8-10-21/h1,3-5,7,18H,2,6,8-10H2. The smallest absolute Gasteiger partial charge is 0.225 e. The predicted octanol–water partition coefficient (Wildman–Crippen LogP) is 2.22. The maximum absolute atomic E-state index is 13.9. The minimum Gasteiger partial charge on any atom is -0.339 e. The number of anilines is 1. The van der Waals surface area contributed by atoms with Gasteiger partial charge in [-0.2, -0.15) is 0 Å². The van der Waals surface area contributed by atoms with Crippen molar-refractivity contribution < 1.29 is 8.78 Å². The predicted molar refractivity (Wildman–Crippen MR) is 77.1 cm³/mol. The maximum atomic E-state index is 13.9. The van der Waals surface area contributed by atoms with Crippen LogP contribution in [0.3, 0.4) is 0 Å². The summed E-state index contributed by atoms with van der Waals surface area (Å²) in [7, 11) is 0. The third-order valence-electron chi connectivity index (χ3n) is 3.48. The molecule has 1 aromatic carbocycles. The third kappa shape index (κ3) is 3.00. The minimum atomic E-state index is -0.614. The van der Waals surface area contributed by atoms with Gasteiger partial charge in [0.15, 0.2) is 0 Å². The SMILES string of the molecule is Fc1cccc(F)c1-c1ccnc(N2CCCNCC2)n1. The summed E-state index contributed by atoms with van der Waals surface area (Å²) in [6, 6.07) is 5.34. The molecule has 1 aliphatic heterocycles. The molecule has 0 spiro atoms. The summed E-state index contributed by atoms with van der Waals surface area (Å²) in [5, 5.41) is 3.29. The number of nitrogens with zero attached hydrogens (tertiary/aromatic N) is 3. The van der Waals surface area contributed by atoms with E-state index in [1.54, 1.807) is 6.20 Å². The molecule has 21 heavy (non-hydrogen) atoms. The van der Waals surface area contributed by atoms with Gasteiger partial charge in [-0.05, 0) is 31.2 Å². The molecule has 1 saturated heterocycles. The monoisotopic (exact) mass is 290 g/mol. The first-order valence-corrected chi connectivity index (χ1v) is 6.99. The number of hydrogen-bond donors (Lipinski definition) is 1. The van der Waals surface area contributed by atoms with Crippen LogP contribution in [0.25, 0.3) is 11.3 Å². The Bertz CT molecular complexity index is 605. The molecular formula is C15H16F2N4. The average molecular weight is 290 g/mol. The Morgan fingerprint density at radius 2 is 1.86 bits per heavy atom. The fourth-order valence-electron chi connectivity index (χ4n) is 2.43. The van der Waals surface area contributed by atoms with Gasteiger partial charge in [-0.25, -0.2) is 18.7 Å². The van der Waals surface area contributed by atoms with E-state index in [2.05, 4.69) is 15.3 Å². The molecule has 2 aromatic rings. The molecule has 0 saturated carbocycles. The fraction of sp³-hybridized carbons (Fsp3) is 0.333. The first kappa shape index (κ1) is 13.9. The van der Waals surface area contributed by atoms with Gasteiger partial charge in [0.1, 0.15) is 11.6 Å². The summed E-state index contributed by atoms with van der Waals surface area (Å²) in [5.74, 6) is -0.715. The Balaban J connectivity index is 1.96. The van der Waals surface area contributed by atoms with Gasteiger partial charge in [0.05, 0.1) is 11.3 Å². The molecule has 1 fully saturated rings. The van der Waals surface area contributed by atoms with Gasteiger partial charge < -0.3 is 10.2 Å². The molecule has 0 atom stereocenters. The molecule has 1 aliphatic rings. The lowest BCUT2D eigenvalue weighted by atomic mass is 10.1. The van der Waals surface area contributed by atoms with Crippen LogP contribution in [-0.4, -0.2) is 36.1 Å². The van der Waals surface area contributed by atoms with Crippen molar-refractivity contribution in [2.24, 2.45) is 0 Å². The summed E-state index contributed by atoms with van der Waals surface area (Å²) in [6.45, 7) is 3.42. The van der Waals surface area contributed by atoms with Crippen LogP contribution in [0.2, 0.25) is 0 Å². The summed E-state index contributed by atoms with van der Waals surface area (Å²) in [6.07, 6.45) is 2.53. The van der Waals surface area contributed by atoms with E-state index in [4.69, 9.17) is 0 Å². The van der Waals surface area contributed by atoms with E-state index in [0.717, 1.165) is 32.6 Å². The number of benzene rings is 1. The topological polar surface area (TPSA) is 41.1 Å². The molecule has 3 rings (SSSR count). The number of hydrogen-bond acceptors (Lipinski definition) is 4. The molecule has 1 N–H and O–H groups in total. The van der Waals surface area contributed by atoms with Gasteiger partial charge in [0.25, 0.3) is 0 Å². The Morgan fingerprint density at radius 3 is 2.67 bits per heavy atom. The highest BCUT2D eigenvalue weighted by Gasteiger charge is 2.16. The molecule has 2 heterocycles. The van der Waals surface area contributed by atoms with Crippen LogP contribution in [0.5, 0.6) is 0 Å². The molecule has 0 bridgehead atoms. The molecule has 0 amide bonds. The number of rotatable bonds is 2. The summed E-state index contributed by atoms with van der Waals surface area (Å²) in [5.41, 5.74) is 0.168. The van der Waals surface area contributed by atoms with Gasteiger partial charge in [0.2, 0.25) is 5.95 Å². The first-order chi connectivity index (χ1) is 10.3. The van der Waals surface area contributed by atoms with E-state index < -0.39 is 11.6 Å². The van der Waals surface area contributed by atoms with Crippen LogP contribution in [0.4, 0.5) is 14.7 Å². The Labute approximate surface area is 121 Å². The van der Waals surface area contributed by atoms with Gasteiger partial charge in [0, 0.05) is 25.8 Å². The number of aromatic nitrogens is 2. The Morgan fingerprint density at radius 1 is 1.05 bits per heavy atom. The van der Waals surface area contributed by atoms with Gasteiger partial charge in [-0.1, -0.05) is 6.07 Å². The molecular weight excluding hydrogens is 274 g/mol. The van der Waals surface area contributed by atoms with Crippen molar-refractivity contribution in [1.29, 1.82) is 0 Å². The normalized spacial score (nSPS) is 15.8. The van der Waals surface area contributed by atoms with E-state index in [0.29, 0.717) is 5.95 Å². The van der Waals surface area contributed by atoms with Crippen molar-refractivity contribution in [3.63, 3.8) is 0 Å². The quantitative estimate of drug-likeness (QED) is 0.921. The highest BCUT2D eigenvalue weighted by Crippen LogP contribution is 2.25. The van der Waals surface area contributed by atoms with Gasteiger partial charge >= 0.3 is 0 Å². The molecule has 4 nitrogen and oxygen atoms in total. The van der Waals surface area contributed by atoms with Crippen molar-refractivity contribution in [3.8, 4) is 11.3 Å². The summed E-state index contributed by atoms with van der Waals surface area (Å²) >= 11 is 0. The Hall–Kier alpha value is -2.08. The van der Waals surface area contributed by atoms with Crippen LogP contribution in [0.15, 0.2) is 30.5 Å². The molecule has 0 aliphatic carbocycles. The largest absolute Gasteiger partial charge is 0.339 e. The van der Waals surface area contributed by atoms with E-state index >= 15 is 0 Å². The maximum Gasteiger partial charge on any atom is 0.225 e. The van der Waals surface area contributed by atoms with Crippen LogP contribution in [0, 0.1) is 11.6 Å². The van der Waals surface area contributed by atoms with Crippen molar-refractivity contribution in [2.75, 3.05) is 31.1 Å². The van der Waals surface area contributed by atoms with Crippen LogP contribution in [-0.2, 0) is 0 Å². The van der Waals surface area contributed by atoms with Crippen LogP contribution < -0.4 is 10.2 Å². The first-order valence-electron chi connectivity index (χ1n) is 6.99. The summed E-state index contributed by atoms with van der Waals surface area (Å²) < 4.78 is 27.7. The second-order valence-electron chi connectivity index (χ2n) is 4.93.